The number of hydrogen-bond acceptors (Lipinski definition) is 3. The highest BCUT2D eigenvalue weighted by atomic mass is 79.9. The molecule has 0 bridgehead atoms. The molecule has 2 aromatic rings. The molecule has 0 radical (unpaired) electrons. The van der Waals surface area contributed by atoms with Crippen LogP contribution in [-0.2, 0) is 0 Å². The number of hydrazone groups is 1. The van der Waals surface area contributed by atoms with Gasteiger partial charge in [0.2, 0.25) is 0 Å². The summed E-state index contributed by atoms with van der Waals surface area (Å²) in [5.74, 6) is -1.05. The van der Waals surface area contributed by atoms with Crippen molar-refractivity contribution in [1.82, 2.24) is 5.01 Å². The normalized spacial score (nSPS) is 20.2. The third kappa shape index (κ3) is 3.30. The van der Waals surface area contributed by atoms with Crippen LogP contribution in [0.4, 0.5) is 13.2 Å². The van der Waals surface area contributed by atoms with Crippen LogP contribution >= 0.6 is 31.9 Å². The summed E-state index contributed by atoms with van der Waals surface area (Å²) < 4.78 is 41.8. The van der Waals surface area contributed by atoms with E-state index in [1.165, 1.54) is 18.2 Å². The highest BCUT2D eigenvalue weighted by Gasteiger charge is 2.63. The lowest BCUT2D eigenvalue weighted by Gasteiger charge is -2.32. The smallest absolute Gasteiger partial charge is 0.362 e. The number of hydrogen-bond donors (Lipinski definition) is 1. The van der Waals surface area contributed by atoms with Crippen molar-refractivity contribution in [3.63, 3.8) is 0 Å². The largest absolute Gasteiger partial charge is 0.438 e. The minimum Gasteiger partial charge on any atom is -0.362 e. The molecule has 1 N–H and O–H groups in total. The highest BCUT2D eigenvalue weighted by Crippen LogP contribution is 2.42. The minimum absolute atomic E-state index is 0.0329. The zero-order valence-electron chi connectivity index (χ0n) is 13.0. The monoisotopic (exact) mass is 490 g/mol. The summed E-state index contributed by atoms with van der Waals surface area (Å²) in [6.07, 6.45) is -5.94. The van der Waals surface area contributed by atoms with E-state index >= 15 is 0 Å². The second-order valence-corrected chi connectivity index (χ2v) is 7.42. The van der Waals surface area contributed by atoms with E-state index in [0.29, 0.717) is 14.5 Å². The van der Waals surface area contributed by atoms with Gasteiger partial charge in [0.15, 0.2) is 0 Å². The summed E-state index contributed by atoms with van der Waals surface area (Å²) in [6.45, 7) is 0. The van der Waals surface area contributed by atoms with Crippen molar-refractivity contribution in [3.8, 4) is 0 Å². The van der Waals surface area contributed by atoms with Crippen molar-refractivity contribution in [2.45, 2.75) is 18.3 Å². The molecule has 0 saturated heterocycles. The van der Waals surface area contributed by atoms with Gasteiger partial charge in [-0.05, 0) is 45.8 Å². The number of alkyl halides is 3. The Kier molecular flexibility index (Phi) is 4.98. The van der Waals surface area contributed by atoms with Crippen molar-refractivity contribution in [1.29, 1.82) is 0 Å². The number of halogens is 5. The summed E-state index contributed by atoms with van der Waals surface area (Å²) in [5.41, 5.74) is -3.11. The van der Waals surface area contributed by atoms with Crippen molar-refractivity contribution in [2.75, 3.05) is 0 Å². The fraction of sp³-hybridized carbons (Fsp3) is 0.176. The average molecular weight is 492 g/mol. The molecule has 136 valence electrons. The van der Waals surface area contributed by atoms with Crippen LogP contribution in [-0.4, -0.2) is 33.6 Å². The molecule has 0 aliphatic carbocycles. The Bertz CT molecular complexity index is 902. The number of carbonyl (C=O) groups excluding carboxylic acids is 1. The number of rotatable bonds is 2. The zero-order chi connectivity index (χ0) is 19.1. The topological polar surface area (TPSA) is 52.9 Å². The van der Waals surface area contributed by atoms with Crippen LogP contribution < -0.4 is 0 Å². The van der Waals surface area contributed by atoms with Crippen LogP contribution in [0.1, 0.15) is 22.3 Å². The number of carbonyl (C=O) groups is 1. The SMILES string of the molecule is O=C(c1ccccc1Br)N1N=C(c2cccc(Br)c2)CC1(O)C(F)(F)F. The van der Waals surface area contributed by atoms with Crippen LogP contribution in [0.25, 0.3) is 0 Å². The summed E-state index contributed by atoms with van der Waals surface area (Å²) in [7, 11) is 0. The van der Waals surface area contributed by atoms with Gasteiger partial charge in [0.05, 0.1) is 17.7 Å². The van der Waals surface area contributed by atoms with Crippen LogP contribution in [0.15, 0.2) is 62.6 Å². The van der Waals surface area contributed by atoms with Crippen molar-refractivity contribution in [3.05, 3.63) is 68.6 Å². The molecule has 0 aromatic heterocycles. The third-order valence-corrected chi connectivity index (χ3v) is 5.08. The lowest BCUT2D eigenvalue weighted by molar-refractivity contribution is -0.297. The Labute approximate surface area is 163 Å². The number of aliphatic hydroxyl groups is 1. The van der Waals surface area contributed by atoms with Gasteiger partial charge in [-0.1, -0.05) is 40.2 Å². The Morgan fingerprint density at radius 3 is 2.46 bits per heavy atom. The lowest BCUT2D eigenvalue weighted by atomic mass is 10.0. The Hall–Kier alpha value is -1.71. The van der Waals surface area contributed by atoms with E-state index in [1.807, 2.05) is 0 Å². The fourth-order valence-corrected chi connectivity index (χ4v) is 3.41. The molecule has 3 rings (SSSR count). The first-order valence-electron chi connectivity index (χ1n) is 7.35. The molecule has 1 amide bonds. The standard InChI is InChI=1S/C17H11Br2F3N2O2/c18-11-5-3-4-10(8-11)14-9-16(26,17(20,21)22)24(23-14)15(25)12-6-1-2-7-13(12)19/h1-8,26H,9H2. The molecule has 1 unspecified atom stereocenters. The highest BCUT2D eigenvalue weighted by molar-refractivity contribution is 9.10. The van der Waals surface area contributed by atoms with Gasteiger partial charge >= 0.3 is 6.18 Å². The zero-order valence-corrected chi connectivity index (χ0v) is 16.1. The molecule has 0 spiro atoms. The maximum Gasteiger partial charge on any atom is 0.438 e. The molecule has 26 heavy (non-hydrogen) atoms. The first-order chi connectivity index (χ1) is 12.1. The molecular formula is C17H11Br2F3N2O2. The average Bonchev–Trinajstić information content (AvgIpc) is 2.94. The molecule has 0 saturated carbocycles. The van der Waals surface area contributed by atoms with E-state index in [1.54, 1.807) is 30.3 Å². The Morgan fingerprint density at radius 2 is 1.85 bits per heavy atom. The van der Waals surface area contributed by atoms with Crippen molar-refractivity contribution >= 4 is 43.5 Å². The predicted molar refractivity (Wildman–Crippen MR) is 96.6 cm³/mol. The van der Waals surface area contributed by atoms with Crippen molar-refractivity contribution in [2.24, 2.45) is 5.10 Å². The van der Waals surface area contributed by atoms with E-state index in [0.717, 1.165) is 0 Å². The molecule has 4 nitrogen and oxygen atoms in total. The molecule has 1 heterocycles. The van der Waals surface area contributed by atoms with Gasteiger partial charge in [0, 0.05) is 8.95 Å². The van der Waals surface area contributed by atoms with Crippen LogP contribution in [0.5, 0.6) is 0 Å². The first kappa shape index (κ1) is 19.1. The van der Waals surface area contributed by atoms with E-state index < -0.39 is 24.2 Å². The third-order valence-electron chi connectivity index (χ3n) is 3.89. The molecule has 1 aliphatic heterocycles. The second-order valence-electron chi connectivity index (χ2n) is 5.64. The summed E-state index contributed by atoms with van der Waals surface area (Å²) in [5, 5.41) is 14.3. The fourth-order valence-electron chi connectivity index (χ4n) is 2.56. The first-order valence-corrected chi connectivity index (χ1v) is 8.94. The Balaban J connectivity index is 2.09. The number of amides is 1. The summed E-state index contributed by atoms with van der Waals surface area (Å²) >= 11 is 6.38. The summed E-state index contributed by atoms with van der Waals surface area (Å²) in [4.78, 5) is 12.7. The molecule has 1 atom stereocenters. The van der Waals surface area contributed by atoms with Gasteiger partial charge in [0.1, 0.15) is 0 Å². The van der Waals surface area contributed by atoms with E-state index in [-0.39, 0.29) is 16.3 Å². The molecular weight excluding hydrogens is 481 g/mol. The van der Waals surface area contributed by atoms with Gasteiger partial charge in [-0.2, -0.15) is 23.3 Å². The number of nitrogens with zero attached hydrogens (tertiary/aromatic N) is 2. The van der Waals surface area contributed by atoms with Gasteiger partial charge in [-0.25, -0.2) is 0 Å². The van der Waals surface area contributed by atoms with Gasteiger partial charge in [-0.15, -0.1) is 0 Å². The lowest BCUT2D eigenvalue weighted by Crippen LogP contribution is -2.56. The minimum atomic E-state index is -5.08. The quantitative estimate of drug-likeness (QED) is 0.661. The Morgan fingerprint density at radius 1 is 1.15 bits per heavy atom. The van der Waals surface area contributed by atoms with Crippen LogP contribution in [0, 0.1) is 0 Å². The van der Waals surface area contributed by atoms with Crippen molar-refractivity contribution < 1.29 is 23.1 Å². The van der Waals surface area contributed by atoms with Crippen LogP contribution in [0.3, 0.4) is 0 Å². The van der Waals surface area contributed by atoms with Gasteiger partial charge < -0.3 is 5.11 Å². The van der Waals surface area contributed by atoms with Gasteiger partial charge in [0.25, 0.3) is 11.6 Å². The molecule has 0 fully saturated rings. The van der Waals surface area contributed by atoms with E-state index in [9.17, 15) is 23.1 Å². The van der Waals surface area contributed by atoms with E-state index in [4.69, 9.17) is 0 Å². The molecule has 9 heteroatoms. The second kappa shape index (κ2) is 6.79. The predicted octanol–water partition coefficient (Wildman–Crippen LogP) is 4.71. The molecule has 2 aromatic carbocycles. The van der Waals surface area contributed by atoms with E-state index in [2.05, 4.69) is 37.0 Å². The maximum absolute atomic E-state index is 13.6. The van der Waals surface area contributed by atoms with Crippen LogP contribution in [0.2, 0.25) is 0 Å². The maximum atomic E-state index is 13.6. The molecule has 1 aliphatic rings. The number of benzene rings is 2. The van der Waals surface area contributed by atoms with Gasteiger partial charge in [-0.3, -0.25) is 4.79 Å². The summed E-state index contributed by atoms with van der Waals surface area (Å²) in [6, 6.07) is 12.5.